The number of carbonyl (C=O) groups is 1. The Bertz CT molecular complexity index is 740. The summed E-state index contributed by atoms with van der Waals surface area (Å²) in [5, 5.41) is 13.5. The van der Waals surface area contributed by atoms with Crippen LogP contribution in [0.25, 0.3) is 0 Å². The van der Waals surface area contributed by atoms with Crippen LogP contribution in [0.1, 0.15) is 18.4 Å². The largest absolute Gasteiger partial charge is 0.481 e. The van der Waals surface area contributed by atoms with E-state index in [1.807, 2.05) is 0 Å². The van der Waals surface area contributed by atoms with Gasteiger partial charge >= 0.3 is 5.97 Å². The number of aryl methyl sites for hydroxylation is 1. The van der Waals surface area contributed by atoms with E-state index in [2.05, 4.69) is 4.72 Å². The number of anilines is 1. The molecule has 1 aromatic rings. The fourth-order valence-electron chi connectivity index (χ4n) is 1.52. The molecule has 1 rings (SSSR count). The van der Waals surface area contributed by atoms with Crippen molar-refractivity contribution in [3.05, 3.63) is 23.8 Å². The molecule has 0 saturated carbocycles. The second-order valence-corrected chi connectivity index (χ2v) is 7.84. The minimum Gasteiger partial charge on any atom is -0.481 e. The van der Waals surface area contributed by atoms with Gasteiger partial charge < -0.3 is 5.11 Å². The number of primary sulfonamides is 1. The van der Waals surface area contributed by atoms with Crippen molar-refractivity contribution in [1.29, 1.82) is 0 Å². The van der Waals surface area contributed by atoms with Gasteiger partial charge in [-0.15, -0.1) is 0 Å². The predicted octanol–water partition coefficient (Wildman–Crippen LogP) is 0.249. The summed E-state index contributed by atoms with van der Waals surface area (Å²) >= 11 is 0. The first-order valence-corrected chi connectivity index (χ1v) is 9.07. The van der Waals surface area contributed by atoms with E-state index in [-0.39, 0.29) is 29.2 Å². The second kappa shape index (κ2) is 6.41. The monoisotopic (exact) mass is 336 g/mol. The van der Waals surface area contributed by atoms with E-state index in [0.29, 0.717) is 5.56 Å². The zero-order valence-corrected chi connectivity index (χ0v) is 12.9. The Morgan fingerprint density at radius 3 is 2.43 bits per heavy atom. The van der Waals surface area contributed by atoms with E-state index in [4.69, 9.17) is 10.2 Å². The molecule has 0 saturated heterocycles. The number of aliphatic carboxylic acids is 1. The van der Waals surface area contributed by atoms with Crippen molar-refractivity contribution in [2.24, 2.45) is 5.14 Å². The molecule has 0 radical (unpaired) electrons. The summed E-state index contributed by atoms with van der Waals surface area (Å²) in [6.45, 7) is 1.60. The highest BCUT2D eigenvalue weighted by atomic mass is 32.2. The summed E-state index contributed by atoms with van der Waals surface area (Å²) in [5.41, 5.74) is 0.612. The Morgan fingerprint density at radius 1 is 1.29 bits per heavy atom. The van der Waals surface area contributed by atoms with Gasteiger partial charge in [-0.1, -0.05) is 6.07 Å². The lowest BCUT2D eigenvalue weighted by Gasteiger charge is -2.11. The van der Waals surface area contributed by atoms with Gasteiger partial charge in [0.05, 0.1) is 16.3 Å². The molecule has 0 heterocycles. The van der Waals surface area contributed by atoms with Crippen LogP contribution in [-0.4, -0.2) is 33.7 Å². The number of nitrogens with two attached hydrogens (primary N) is 1. The molecule has 0 bridgehead atoms. The lowest BCUT2D eigenvalue weighted by atomic mass is 10.2. The topological polar surface area (TPSA) is 144 Å². The van der Waals surface area contributed by atoms with Gasteiger partial charge in [-0.3, -0.25) is 9.52 Å². The summed E-state index contributed by atoms with van der Waals surface area (Å²) in [4.78, 5) is 10.1. The van der Waals surface area contributed by atoms with Crippen LogP contribution in [0.4, 0.5) is 5.69 Å². The van der Waals surface area contributed by atoms with E-state index >= 15 is 0 Å². The van der Waals surface area contributed by atoms with Crippen molar-refractivity contribution in [3.8, 4) is 0 Å². The number of carboxylic acid groups (broad SMARTS) is 1. The molecular formula is C11H16N2O6S2. The van der Waals surface area contributed by atoms with Gasteiger partial charge in [0.25, 0.3) is 0 Å². The number of nitrogens with one attached hydrogen (secondary N) is 1. The fraction of sp³-hybridized carbons (Fsp3) is 0.364. The number of hydrogen-bond acceptors (Lipinski definition) is 5. The Kier molecular flexibility index (Phi) is 5.31. The van der Waals surface area contributed by atoms with Crippen LogP contribution in [-0.2, 0) is 24.8 Å². The Labute approximate surface area is 123 Å². The Morgan fingerprint density at radius 2 is 1.90 bits per heavy atom. The summed E-state index contributed by atoms with van der Waals surface area (Å²) < 4.78 is 48.3. The zero-order valence-electron chi connectivity index (χ0n) is 11.2. The number of sulfonamides is 2. The minimum atomic E-state index is -3.94. The summed E-state index contributed by atoms with van der Waals surface area (Å²) in [6.07, 6.45) is -0.310. The molecule has 8 nitrogen and oxygen atoms in total. The maximum absolute atomic E-state index is 11.8. The van der Waals surface area contributed by atoms with Crippen molar-refractivity contribution in [2.75, 3.05) is 10.5 Å². The van der Waals surface area contributed by atoms with Crippen LogP contribution in [0, 0.1) is 6.92 Å². The van der Waals surface area contributed by atoms with Gasteiger partial charge in [-0.25, -0.2) is 22.0 Å². The molecule has 21 heavy (non-hydrogen) atoms. The molecular weight excluding hydrogens is 320 g/mol. The highest BCUT2D eigenvalue weighted by Crippen LogP contribution is 2.20. The first kappa shape index (κ1) is 17.4. The van der Waals surface area contributed by atoms with Crippen LogP contribution >= 0.6 is 0 Å². The number of hydrogen-bond donors (Lipinski definition) is 3. The van der Waals surface area contributed by atoms with Crippen LogP contribution < -0.4 is 9.86 Å². The molecule has 0 spiro atoms. The van der Waals surface area contributed by atoms with Crippen LogP contribution in [0.2, 0.25) is 0 Å². The van der Waals surface area contributed by atoms with Gasteiger partial charge in [-0.05, 0) is 31.0 Å². The highest BCUT2D eigenvalue weighted by molar-refractivity contribution is 7.92. The standard InChI is InChI=1S/C11H16N2O6S2/c1-8-4-5-9(21(12,18)19)7-10(8)13-20(16,17)6-2-3-11(14)15/h4-5,7,13H,2-3,6H2,1H3,(H,14,15)(H2,12,18,19). The molecule has 0 amide bonds. The minimum absolute atomic E-state index is 0.0431. The van der Waals surface area contributed by atoms with E-state index in [9.17, 15) is 21.6 Å². The van der Waals surface area contributed by atoms with Gasteiger partial charge in [0.15, 0.2) is 0 Å². The molecule has 0 aliphatic heterocycles. The third-order valence-electron chi connectivity index (χ3n) is 2.61. The molecule has 0 atom stereocenters. The zero-order chi connectivity index (χ0) is 16.3. The Balaban J connectivity index is 2.94. The molecule has 0 aliphatic carbocycles. The van der Waals surface area contributed by atoms with Gasteiger partial charge in [-0.2, -0.15) is 0 Å². The predicted molar refractivity (Wildman–Crippen MR) is 76.8 cm³/mol. The number of benzene rings is 1. The fourth-order valence-corrected chi connectivity index (χ4v) is 3.24. The van der Waals surface area contributed by atoms with Crippen molar-refractivity contribution in [1.82, 2.24) is 0 Å². The highest BCUT2D eigenvalue weighted by Gasteiger charge is 2.15. The Hall–Kier alpha value is -1.65. The maximum Gasteiger partial charge on any atom is 0.303 e. The lowest BCUT2D eigenvalue weighted by molar-refractivity contribution is -0.137. The average molecular weight is 336 g/mol. The molecule has 0 fully saturated rings. The van der Waals surface area contributed by atoms with E-state index in [0.717, 1.165) is 6.07 Å². The van der Waals surface area contributed by atoms with Crippen molar-refractivity contribution >= 4 is 31.7 Å². The van der Waals surface area contributed by atoms with E-state index in [1.165, 1.54) is 12.1 Å². The smallest absolute Gasteiger partial charge is 0.303 e. The maximum atomic E-state index is 11.8. The third kappa shape index (κ3) is 5.69. The third-order valence-corrected chi connectivity index (χ3v) is 4.87. The summed E-state index contributed by atoms with van der Waals surface area (Å²) in [6, 6.07) is 3.82. The van der Waals surface area contributed by atoms with E-state index < -0.39 is 26.0 Å². The van der Waals surface area contributed by atoms with E-state index in [1.54, 1.807) is 6.92 Å². The molecule has 118 valence electrons. The second-order valence-electron chi connectivity index (χ2n) is 4.44. The quantitative estimate of drug-likeness (QED) is 0.651. The SMILES string of the molecule is Cc1ccc(S(N)(=O)=O)cc1NS(=O)(=O)CCCC(=O)O. The average Bonchev–Trinajstić information content (AvgIpc) is 2.29. The van der Waals surface area contributed by atoms with Crippen LogP contribution in [0.5, 0.6) is 0 Å². The van der Waals surface area contributed by atoms with Gasteiger partial charge in [0.2, 0.25) is 20.0 Å². The molecule has 10 heteroatoms. The first-order valence-electron chi connectivity index (χ1n) is 5.87. The molecule has 0 aromatic heterocycles. The first-order chi connectivity index (χ1) is 9.51. The number of carboxylic acids is 1. The van der Waals surface area contributed by atoms with Crippen LogP contribution in [0.3, 0.4) is 0 Å². The molecule has 4 N–H and O–H groups in total. The molecule has 0 unspecified atom stereocenters. The van der Waals surface area contributed by atoms with Crippen molar-refractivity contribution in [2.45, 2.75) is 24.7 Å². The number of rotatable bonds is 7. The van der Waals surface area contributed by atoms with Gasteiger partial charge in [0, 0.05) is 6.42 Å². The summed E-state index contributed by atoms with van der Waals surface area (Å²) in [5.74, 6) is -1.46. The lowest BCUT2D eigenvalue weighted by Crippen LogP contribution is -2.19. The van der Waals surface area contributed by atoms with Crippen LogP contribution in [0.15, 0.2) is 23.1 Å². The molecule has 0 aliphatic rings. The van der Waals surface area contributed by atoms with Gasteiger partial charge in [0.1, 0.15) is 0 Å². The normalized spacial score (nSPS) is 12.1. The van der Waals surface area contributed by atoms with Crippen molar-refractivity contribution in [3.63, 3.8) is 0 Å². The molecule has 1 aromatic carbocycles. The summed E-state index contributed by atoms with van der Waals surface area (Å²) in [7, 11) is -7.70. The van der Waals surface area contributed by atoms with Crippen molar-refractivity contribution < 1.29 is 26.7 Å².